The van der Waals surface area contributed by atoms with Crippen molar-refractivity contribution < 1.29 is 9.90 Å². The van der Waals surface area contributed by atoms with E-state index < -0.39 is 5.60 Å². The molecule has 1 aliphatic carbocycles. The van der Waals surface area contributed by atoms with E-state index in [1.165, 1.54) is 11.3 Å². The Balaban J connectivity index is 1.92. The number of thiazole rings is 1. The van der Waals surface area contributed by atoms with Gasteiger partial charge in [-0.3, -0.25) is 4.79 Å². The molecule has 0 saturated heterocycles. The number of nitrogens with zero attached hydrogens (tertiary/aromatic N) is 1. The summed E-state index contributed by atoms with van der Waals surface area (Å²) in [7, 11) is 0. The number of carbonyl (C=O) groups is 1. The Morgan fingerprint density at radius 1 is 1.30 bits per heavy atom. The second-order valence-electron chi connectivity index (χ2n) is 6.72. The Labute approximate surface area is 124 Å². The Hall–Kier alpha value is -0.940. The Morgan fingerprint density at radius 2 is 1.90 bits per heavy atom. The number of aliphatic hydroxyl groups is 1. The van der Waals surface area contributed by atoms with Crippen LogP contribution in [0, 0.1) is 19.3 Å². The largest absolute Gasteiger partial charge is 0.388 e. The number of carbonyl (C=O) groups excluding carboxylic acids is 1. The lowest BCUT2D eigenvalue weighted by Gasteiger charge is -2.40. The lowest BCUT2D eigenvalue weighted by Crippen LogP contribution is -2.46. The van der Waals surface area contributed by atoms with Crippen LogP contribution in [-0.2, 0) is 0 Å². The summed E-state index contributed by atoms with van der Waals surface area (Å²) in [5.74, 6) is -0.119. The Morgan fingerprint density at radius 3 is 2.40 bits per heavy atom. The van der Waals surface area contributed by atoms with Gasteiger partial charge in [-0.15, -0.1) is 11.3 Å². The predicted molar refractivity (Wildman–Crippen MR) is 81.1 cm³/mol. The summed E-state index contributed by atoms with van der Waals surface area (Å²) in [6.45, 7) is 8.53. The summed E-state index contributed by atoms with van der Waals surface area (Å²) in [4.78, 5) is 17.1. The van der Waals surface area contributed by atoms with Gasteiger partial charge in [0.05, 0.1) is 16.3 Å². The Bertz CT molecular complexity index is 498. The molecular weight excluding hydrogens is 272 g/mol. The molecule has 5 heteroatoms. The van der Waals surface area contributed by atoms with Crippen molar-refractivity contribution in [3.8, 4) is 0 Å². The van der Waals surface area contributed by atoms with E-state index >= 15 is 0 Å². The van der Waals surface area contributed by atoms with Gasteiger partial charge in [0.15, 0.2) is 0 Å². The molecule has 0 unspecified atom stereocenters. The molecule has 1 aromatic rings. The van der Waals surface area contributed by atoms with Crippen molar-refractivity contribution in [1.29, 1.82) is 0 Å². The van der Waals surface area contributed by atoms with Crippen LogP contribution in [0.25, 0.3) is 0 Å². The van der Waals surface area contributed by atoms with E-state index in [0.29, 0.717) is 16.8 Å². The van der Waals surface area contributed by atoms with Crippen molar-refractivity contribution in [3.05, 3.63) is 15.6 Å². The van der Waals surface area contributed by atoms with E-state index in [2.05, 4.69) is 24.1 Å². The number of hydrogen-bond acceptors (Lipinski definition) is 4. The quantitative estimate of drug-likeness (QED) is 0.901. The fraction of sp³-hybridized carbons (Fsp3) is 0.733. The Kier molecular flexibility index (Phi) is 4.21. The standard InChI is InChI=1S/C15H24N2O2S/c1-10-12(20-11(2)17-10)13(18)16-9-15(19)7-5-14(3,4)6-8-15/h19H,5-9H2,1-4H3,(H,16,18). The van der Waals surface area contributed by atoms with E-state index in [1.54, 1.807) is 0 Å². The number of nitrogens with one attached hydrogen (secondary N) is 1. The molecular formula is C15H24N2O2S. The smallest absolute Gasteiger partial charge is 0.263 e. The normalized spacial score (nSPS) is 20.6. The first-order valence-corrected chi connectivity index (χ1v) is 7.97. The molecule has 0 aliphatic heterocycles. The number of hydrogen-bond donors (Lipinski definition) is 2. The maximum absolute atomic E-state index is 12.1. The van der Waals surface area contributed by atoms with Gasteiger partial charge in [-0.25, -0.2) is 4.98 Å². The van der Waals surface area contributed by atoms with Crippen LogP contribution in [0.1, 0.15) is 59.9 Å². The zero-order valence-corrected chi connectivity index (χ0v) is 13.6. The van der Waals surface area contributed by atoms with Crippen molar-refractivity contribution in [3.63, 3.8) is 0 Å². The van der Waals surface area contributed by atoms with E-state index in [4.69, 9.17) is 0 Å². The van der Waals surface area contributed by atoms with Gasteiger partial charge in [-0.1, -0.05) is 13.8 Å². The van der Waals surface area contributed by atoms with Crippen LogP contribution in [0.15, 0.2) is 0 Å². The monoisotopic (exact) mass is 296 g/mol. The maximum atomic E-state index is 12.1. The van der Waals surface area contributed by atoms with Crippen LogP contribution in [0.4, 0.5) is 0 Å². The average molecular weight is 296 g/mol. The summed E-state index contributed by atoms with van der Waals surface area (Å²) in [5, 5.41) is 14.3. The molecule has 1 aromatic heterocycles. The molecule has 20 heavy (non-hydrogen) atoms. The van der Waals surface area contributed by atoms with Crippen molar-refractivity contribution in [2.45, 2.75) is 59.0 Å². The van der Waals surface area contributed by atoms with Crippen LogP contribution >= 0.6 is 11.3 Å². The third-order valence-corrected chi connectivity index (χ3v) is 5.29. The molecule has 1 aliphatic rings. The number of aromatic nitrogens is 1. The molecule has 1 amide bonds. The fourth-order valence-electron chi connectivity index (χ4n) is 2.64. The van der Waals surface area contributed by atoms with E-state index in [0.717, 1.165) is 36.4 Å². The van der Waals surface area contributed by atoms with Gasteiger partial charge in [0, 0.05) is 6.54 Å². The number of amides is 1. The van der Waals surface area contributed by atoms with Crippen LogP contribution in [0.3, 0.4) is 0 Å². The summed E-state index contributed by atoms with van der Waals surface area (Å²) < 4.78 is 0. The summed E-state index contributed by atoms with van der Waals surface area (Å²) in [6, 6.07) is 0. The van der Waals surface area contributed by atoms with Gasteiger partial charge in [0.2, 0.25) is 0 Å². The molecule has 4 nitrogen and oxygen atoms in total. The lowest BCUT2D eigenvalue weighted by molar-refractivity contribution is -0.0232. The van der Waals surface area contributed by atoms with E-state index in [1.807, 2.05) is 13.8 Å². The van der Waals surface area contributed by atoms with Crippen LogP contribution < -0.4 is 5.32 Å². The second kappa shape index (κ2) is 5.45. The second-order valence-corrected chi connectivity index (χ2v) is 7.92. The minimum Gasteiger partial charge on any atom is -0.388 e. The SMILES string of the molecule is Cc1nc(C)c(C(=O)NCC2(O)CCC(C)(C)CC2)s1. The topological polar surface area (TPSA) is 62.2 Å². The first-order chi connectivity index (χ1) is 9.21. The molecule has 2 rings (SSSR count). The molecule has 1 fully saturated rings. The number of aryl methyl sites for hydroxylation is 2. The average Bonchev–Trinajstić information content (AvgIpc) is 2.70. The predicted octanol–water partition coefficient (Wildman–Crippen LogP) is 2.82. The van der Waals surface area contributed by atoms with E-state index in [-0.39, 0.29) is 5.91 Å². The third-order valence-electron chi connectivity index (χ3n) is 4.22. The third kappa shape index (κ3) is 3.58. The zero-order valence-electron chi connectivity index (χ0n) is 12.7. The highest BCUT2D eigenvalue weighted by Gasteiger charge is 2.36. The molecule has 2 N–H and O–H groups in total. The van der Waals surface area contributed by atoms with Crippen LogP contribution in [0.5, 0.6) is 0 Å². The molecule has 0 bridgehead atoms. The molecule has 0 aromatic carbocycles. The van der Waals surface area contributed by atoms with Crippen molar-refractivity contribution in [1.82, 2.24) is 10.3 Å². The van der Waals surface area contributed by atoms with Gasteiger partial charge in [0.25, 0.3) is 5.91 Å². The van der Waals surface area contributed by atoms with Gasteiger partial charge in [0.1, 0.15) is 4.88 Å². The highest BCUT2D eigenvalue weighted by atomic mass is 32.1. The molecule has 0 radical (unpaired) electrons. The maximum Gasteiger partial charge on any atom is 0.263 e. The molecule has 1 saturated carbocycles. The van der Waals surface area contributed by atoms with Crippen molar-refractivity contribution >= 4 is 17.2 Å². The molecule has 1 heterocycles. The lowest BCUT2D eigenvalue weighted by atomic mass is 9.71. The van der Waals surface area contributed by atoms with Gasteiger partial charge >= 0.3 is 0 Å². The first-order valence-electron chi connectivity index (χ1n) is 7.15. The minimum atomic E-state index is -0.751. The summed E-state index contributed by atoms with van der Waals surface area (Å²) in [6.07, 6.45) is 3.50. The highest BCUT2D eigenvalue weighted by molar-refractivity contribution is 7.13. The van der Waals surface area contributed by atoms with Crippen molar-refractivity contribution in [2.75, 3.05) is 6.54 Å². The minimum absolute atomic E-state index is 0.119. The van der Waals surface area contributed by atoms with Gasteiger partial charge < -0.3 is 10.4 Å². The van der Waals surface area contributed by atoms with E-state index in [9.17, 15) is 9.90 Å². The molecule has 0 spiro atoms. The molecule has 112 valence electrons. The number of rotatable bonds is 3. The first kappa shape index (κ1) is 15.4. The summed E-state index contributed by atoms with van der Waals surface area (Å²) in [5.41, 5.74) is 0.322. The van der Waals surface area contributed by atoms with Gasteiger partial charge in [-0.05, 0) is 44.9 Å². The van der Waals surface area contributed by atoms with Crippen LogP contribution in [-0.4, -0.2) is 28.1 Å². The highest BCUT2D eigenvalue weighted by Crippen LogP contribution is 2.39. The van der Waals surface area contributed by atoms with Crippen LogP contribution in [0.2, 0.25) is 0 Å². The van der Waals surface area contributed by atoms with Gasteiger partial charge in [-0.2, -0.15) is 0 Å². The molecule has 0 atom stereocenters. The fourth-order valence-corrected chi connectivity index (χ4v) is 3.47. The van der Waals surface area contributed by atoms with Crippen molar-refractivity contribution in [2.24, 2.45) is 5.41 Å². The zero-order chi connectivity index (χ0) is 15.0. The summed E-state index contributed by atoms with van der Waals surface area (Å²) >= 11 is 1.40.